The number of aromatic amines is 1. The molecule has 5 rings (SSSR count). The summed E-state index contributed by atoms with van der Waals surface area (Å²) >= 11 is 5.99. The van der Waals surface area contributed by atoms with Crippen molar-refractivity contribution in [1.82, 2.24) is 30.2 Å². The molecule has 0 radical (unpaired) electrons. The van der Waals surface area contributed by atoms with Crippen molar-refractivity contribution in [2.24, 2.45) is 5.84 Å². The molecule has 0 fully saturated rings. The van der Waals surface area contributed by atoms with Gasteiger partial charge in [-0.3, -0.25) is 15.2 Å². The van der Waals surface area contributed by atoms with Crippen LogP contribution in [-0.2, 0) is 0 Å². The van der Waals surface area contributed by atoms with E-state index in [2.05, 4.69) is 20.4 Å². The Hall–Kier alpha value is -3.82. The van der Waals surface area contributed by atoms with Gasteiger partial charge in [0.25, 0.3) is 0 Å². The van der Waals surface area contributed by atoms with Crippen molar-refractivity contribution in [2.45, 2.75) is 0 Å². The van der Waals surface area contributed by atoms with E-state index in [4.69, 9.17) is 22.5 Å². The van der Waals surface area contributed by atoms with Crippen molar-refractivity contribution < 1.29 is 9.18 Å². The van der Waals surface area contributed by atoms with Gasteiger partial charge in [-0.05, 0) is 42.5 Å². The van der Waals surface area contributed by atoms with Crippen LogP contribution in [0.3, 0.4) is 0 Å². The number of amides is 1. The van der Waals surface area contributed by atoms with Crippen LogP contribution in [0.15, 0.2) is 54.9 Å². The first-order valence-electron chi connectivity index (χ1n) is 8.84. The van der Waals surface area contributed by atoms with Gasteiger partial charge in [0.15, 0.2) is 5.82 Å². The Morgan fingerprint density at radius 2 is 1.97 bits per heavy atom. The molecule has 148 valence electrons. The van der Waals surface area contributed by atoms with Gasteiger partial charge in [-0.25, -0.2) is 19.9 Å². The van der Waals surface area contributed by atoms with Crippen LogP contribution in [0.2, 0.25) is 5.02 Å². The van der Waals surface area contributed by atoms with E-state index >= 15 is 0 Å². The first-order valence-corrected chi connectivity index (χ1v) is 9.22. The Labute approximate surface area is 173 Å². The number of nitrogens with zero attached hydrogens (tertiary/aromatic N) is 4. The Kier molecular flexibility index (Phi) is 4.19. The summed E-state index contributed by atoms with van der Waals surface area (Å²) in [7, 11) is 0. The van der Waals surface area contributed by atoms with Gasteiger partial charge in [0.1, 0.15) is 11.5 Å². The number of aromatic nitrogens is 5. The highest BCUT2D eigenvalue weighted by molar-refractivity contribution is 6.30. The summed E-state index contributed by atoms with van der Waals surface area (Å²) in [5.74, 6) is 4.26. The van der Waals surface area contributed by atoms with Gasteiger partial charge in [0.2, 0.25) is 0 Å². The highest BCUT2D eigenvalue weighted by atomic mass is 35.5. The third kappa shape index (κ3) is 2.88. The Bertz CT molecular complexity index is 1430. The average Bonchev–Trinajstić information content (AvgIpc) is 3.35. The molecule has 0 spiro atoms. The van der Waals surface area contributed by atoms with E-state index in [0.29, 0.717) is 22.4 Å². The number of hydrogen-bond donors (Lipinski definition) is 3. The van der Waals surface area contributed by atoms with E-state index in [1.54, 1.807) is 23.1 Å². The lowest BCUT2D eigenvalue weighted by atomic mass is 10.1. The fourth-order valence-electron chi connectivity index (χ4n) is 3.33. The quantitative estimate of drug-likeness (QED) is 0.235. The maximum Gasteiger partial charge on any atom is 0.300 e. The molecule has 0 saturated heterocycles. The van der Waals surface area contributed by atoms with Crippen LogP contribution in [0.25, 0.3) is 38.9 Å². The number of pyridine rings is 1. The Morgan fingerprint density at radius 3 is 2.70 bits per heavy atom. The molecule has 0 saturated carbocycles. The minimum absolute atomic E-state index is 0.00821. The van der Waals surface area contributed by atoms with Crippen molar-refractivity contribution in [2.75, 3.05) is 0 Å². The molecule has 3 aromatic heterocycles. The maximum atomic E-state index is 13.7. The van der Waals surface area contributed by atoms with Crippen LogP contribution in [-0.4, -0.2) is 30.6 Å². The number of hydrogen-bond acceptors (Lipinski definition) is 5. The van der Waals surface area contributed by atoms with E-state index in [9.17, 15) is 9.18 Å². The molecule has 0 atom stereocenters. The predicted molar refractivity (Wildman–Crippen MR) is 111 cm³/mol. The van der Waals surface area contributed by atoms with Crippen LogP contribution in [0.1, 0.15) is 10.6 Å². The number of hydrazine groups is 1. The van der Waals surface area contributed by atoms with Crippen LogP contribution in [0.5, 0.6) is 0 Å². The van der Waals surface area contributed by atoms with Crippen LogP contribution in [0.4, 0.5) is 4.39 Å². The van der Waals surface area contributed by atoms with Crippen LogP contribution in [0, 0.1) is 5.82 Å². The first kappa shape index (κ1) is 18.2. The standard InChI is InChI=1S/C20H13ClFN7O/c21-13-7-11(1-2-14(13)22)29-17-9-16-15(25-19(26-16)20(30)27-23)8-12(17)18(28-29)10-3-5-24-6-4-10/h1-9H,23H2,(H,25,26)(H,27,30). The minimum Gasteiger partial charge on any atom is -0.334 e. The van der Waals surface area contributed by atoms with Crippen molar-refractivity contribution >= 4 is 39.4 Å². The highest BCUT2D eigenvalue weighted by Gasteiger charge is 2.18. The van der Waals surface area contributed by atoms with Gasteiger partial charge in [-0.1, -0.05) is 11.6 Å². The predicted octanol–water partition coefficient (Wildman–Crippen LogP) is 3.36. The van der Waals surface area contributed by atoms with E-state index < -0.39 is 11.7 Å². The number of fused-ring (bicyclic) bond motifs is 2. The lowest BCUT2D eigenvalue weighted by Crippen LogP contribution is -2.30. The number of nitrogen functional groups attached to an aromatic ring is 1. The molecule has 30 heavy (non-hydrogen) atoms. The van der Waals surface area contributed by atoms with E-state index in [0.717, 1.165) is 16.5 Å². The first-order chi connectivity index (χ1) is 14.5. The number of carbonyl (C=O) groups is 1. The van der Waals surface area contributed by atoms with E-state index in [-0.39, 0.29) is 10.8 Å². The number of halogens is 2. The van der Waals surface area contributed by atoms with E-state index in [1.165, 1.54) is 12.1 Å². The largest absolute Gasteiger partial charge is 0.334 e. The third-order valence-corrected chi connectivity index (χ3v) is 5.02. The SMILES string of the molecule is NNC(=O)c1nc2cc3c(-c4ccncc4)nn(-c4ccc(F)c(Cl)c4)c3cc2[nH]1. The highest BCUT2D eigenvalue weighted by Crippen LogP contribution is 2.33. The molecule has 4 N–H and O–H groups in total. The summed E-state index contributed by atoms with van der Waals surface area (Å²) in [5, 5.41) is 5.53. The third-order valence-electron chi connectivity index (χ3n) is 4.73. The molecule has 0 aliphatic carbocycles. The maximum absolute atomic E-state index is 13.7. The second kappa shape index (κ2) is 6.90. The van der Waals surface area contributed by atoms with Crippen molar-refractivity contribution in [3.8, 4) is 16.9 Å². The molecule has 0 aliphatic heterocycles. The fraction of sp³-hybridized carbons (Fsp3) is 0. The summed E-state index contributed by atoms with van der Waals surface area (Å²) in [5.41, 5.74) is 6.09. The number of imidazole rings is 1. The molecular formula is C20H13ClFN7O. The molecule has 0 aliphatic rings. The molecule has 2 aromatic carbocycles. The molecule has 8 nitrogen and oxygen atoms in total. The summed E-state index contributed by atoms with van der Waals surface area (Å²) in [6, 6.07) is 11.7. The normalized spacial score (nSPS) is 11.3. The molecule has 5 aromatic rings. The minimum atomic E-state index is -0.531. The Balaban J connectivity index is 1.82. The summed E-state index contributed by atoms with van der Waals surface area (Å²) in [4.78, 5) is 23.2. The zero-order chi connectivity index (χ0) is 20.8. The summed E-state index contributed by atoms with van der Waals surface area (Å²) in [6.07, 6.45) is 3.34. The number of rotatable bonds is 3. The molecule has 1 amide bonds. The average molecular weight is 422 g/mol. The zero-order valence-corrected chi connectivity index (χ0v) is 16.0. The van der Waals surface area contributed by atoms with E-state index in [1.807, 2.05) is 24.3 Å². The molecule has 3 heterocycles. The number of nitrogens with two attached hydrogens (primary N) is 1. The topological polar surface area (TPSA) is 115 Å². The lowest BCUT2D eigenvalue weighted by molar-refractivity contribution is 0.0944. The number of nitrogens with one attached hydrogen (secondary N) is 2. The molecule has 0 bridgehead atoms. The zero-order valence-electron chi connectivity index (χ0n) is 15.2. The molecule has 10 heteroatoms. The van der Waals surface area contributed by atoms with Gasteiger partial charge < -0.3 is 4.98 Å². The van der Waals surface area contributed by atoms with Gasteiger partial charge in [-0.2, -0.15) is 5.10 Å². The van der Waals surface area contributed by atoms with Crippen molar-refractivity contribution in [3.05, 3.63) is 71.5 Å². The number of carbonyl (C=O) groups excluding carboxylic acids is 1. The second-order valence-electron chi connectivity index (χ2n) is 6.54. The van der Waals surface area contributed by atoms with Crippen LogP contribution < -0.4 is 11.3 Å². The molecule has 0 unspecified atom stereocenters. The number of benzene rings is 2. The van der Waals surface area contributed by atoms with Gasteiger partial charge >= 0.3 is 5.91 Å². The smallest absolute Gasteiger partial charge is 0.300 e. The van der Waals surface area contributed by atoms with Crippen molar-refractivity contribution in [3.63, 3.8) is 0 Å². The van der Waals surface area contributed by atoms with Gasteiger partial charge in [-0.15, -0.1) is 0 Å². The summed E-state index contributed by atoms with van der Waals surface area (Å²) in [6.45, 7) is 0. The van der Waals surface area contributed by atoms with Crippen molar-refractivity contribution in [1.29, 1.82) is 0 Å². The monoisotopic (exact) mass is 421 g/mol. The molecular weight excluding hydrogens is 409 g/mol. The van der Waals surface area contributed by atoms with Gasteiger partial charge in [0, 0.05) is 23.3 Å². The summed E-state index contributed by atoms with van der Waals surface area (Å²) < 4.78 is 15.4. The fourth-order valence-corrected chi connectivity index (χ4v) is 3.51. The number of H-pyrrole nitrogens is 1. The van der Waals surface area contributed by atoms with Gasteiger partial charge in [0.05, 0.1) is 27.3 Å². The lowest BCUT2D eigenvalue weighted by Gasteiger charge is -2.04. The van der Waals surface area contributed by atoms with Crippen LogP contribution >= 0.6 is 11.6 Å². The second-order valence-corrected chi connectivity index (χ2v) is 6.95. The Morgan fingerprint density at radius 1 is 1.17 bits per heavy atom.